The number of nitrogens with one attached hydrogen (secondary N) is 1. The summed E-state index contributed by atoms with van der Waals surface area (Å²) in [4.78, 5) is 0.303. The zero-order chi connectivity index (χ0) is 14.3. The minimum atomic E-state index is -3.61. The molecule has 1 aromatic carbocycles. The molecular formula is C13H13N3O2S2. The van der Waals surface area contributed by atoms with Crippen LogP contribution in [0.25, 0.3) is 10.1 Å². The van der Waals surface area contributed by atoms with E-state index in [2.05, 4.69) is 9.82 Å². The summed E-state index contributed by atoms with van der Waals surface area (Å²) >= 11 is 1.42. The Morgan fingerprint density at radius 2 is 2.05 bits per heavy atom. The van der Waals surface area contributed by atoms with Crippen LogP contribution in [0.5, 0.6) is 0 Å². The number of aromatic nitrogens is 2. The van der Waals surface area contributed by atoms with E-state index in [0.29, 0.717) is 10.7 Å². The summed E-state index contributed by atoms with van der Waals surface area (Å²) in [7, 11) is -1.90. The van der Waals surface area contributed by atoms with Gasteiger partial charge in [0.25, 0.3) is 10.0 Å². The van der Waals surface area contributed by atoms with Crippen LogP contribution in [0.1, 0.15) is 5.69 Å². The maximum Gasteiger partial charge on any atom is 0.264 e. The molecule has 0 spiro atoms. The fourth-order valence-corrected chi connectivity index (χ4v) is 4.64. The highest BCUT2D eigenvalue weighted by Gasteiger charge is 2.20. The molecule has 1 N–H and O–H groups in total. The fraction of sp³-hybridized carbons (Fsp3) is 0.154. The first kappa shape index (κ1) is 13.1. The Balaban J connectivity index is 2.06. The summed E-state index contributed by atoms with van der Waals surface area (Å²) in [6, 6.07) is 9.16. The molecule has 7 heteroatoms. The average Bonchev–Trinajstić information content (AvgIpc) is 2.93. The van der Waals surface area contributed by atoms with Gasteiger partial charge < -0.3 is 0 Å². The van der Waals surface area contributed by atoms with Crippen LogP contribution in [0, 0.1) is 6.92 Å². The highest BCUT2D eigenvalue weighted by Crippen LogP contribution is 2.30. The van der Waals surface area contributed by atoms with Crippen molar-refractivity contribution in [3.05, 3.63) is 41.4 Å². The second-order valence-corrected chi connectivity index (χ2v) is 7.06. The molecule has 0 aliphatic carbocycles. The lowest BCUT2D eigenvalue weighted by Gasteiger charge is -2.06. The molecule has 104 valence electrons. The fourth-order valence-electron chi connectivity index (χ4n) is 2.06. The predicted octanol–water partition coefficient (Wildman–Crippen LogP) is 2.74. The molecule has 0 atom stereocenters. The van der Waals surface area contributed by atoms with Gasteiger partial charge in [0.15, 0.2) is 0 Å². The van der Waals surface area contributed by atoms with Crippen LogP contribution in [0.4, 0.5) is 5.82 Å². The summed E-state index contributed by atoms with van der Waals surface area (Å²) in [6.45, 7) is 1.82. The third-order valence-corrected chi connectivity index (χ3v) is 5.48. The van der Waals surface area contributed by atoms with Crippen molar-refractivity contribution in [3.63, 3.8) is 0 Å². The summed E-state index contributed by atoms with van der Waals surface area (Å²) < 4.78 is 30.0. The number of anilines is 1. The number of hydrogen-bond acceptors (Lipinski definition) is 4. The number of hydrogen-bond donors (Lipinski definition) is 1. The second-order valence-electron chi connectivity index (χ2n) is 4.50. The quantitative estimate of drug-likeness (QED) is 0.809. The van der Waals surface area contributed by atoms with Gasteiger partial charge in [-0.05, 0) is 13.0 Å². The van der Waals surface area contributed by atoms with Crippen molar-refractivity contribution in [1.29, 1.82) is 0 Å². The van der Waals surface area contributed by atoms with Gasteiger partial charge in [-0.1, -0.05) is 18.2 Å². The van der Waals surface area contributed by atoms with Crippen molar-refractivity contribution in [1.82, 2.24) is 9.78 Å². The molecule has 0 fully saturated rings. The molecule has 0 aliphatic rings. The monoisotopic (exact) mass is 307 g/mol. The first-order chi connectivity index (χ1) is 9.47. The zero-order valence-electron chi connectivity index (χ0n) is 11.0. The van der Waals surface area contributed by atoms with Crippen LogP contribution in [0.15, 0.2) is 40.6 Å². The largest absolute Gasteiger partial charge is 0.264 e. The smallest absolute Gasteiger partial charge is 0.264 e. The van der Waals surface area contributed by atoms with Crippen LogP contribution in [0.2, 0.25) is 0 Å². The van der Waals surface area contributed by atoms with Crippen LogP contribution < -0.4 is 4.72 Å². The van der Waals surface area contributed by atoms with Crippen molar-refractivity contribution in [2.45, 2.75) is 11.8 Å². The van der Waals surface area contributed by atoms with Gasteiger partial charge in [0, 0.05) is 28.6 Å². The van der Waals surface area contributed by atoms with Crippen molar-refractivity contribution in [2.24, 2.45) is 7.05 Å². The Labute approximate surface area is 120 Å². The summed E-state index contributed by atoms with van der Waals surface area (Å²) in [6.07, 6.45) is 0. The first-order valence-corrected chi connectivity index (χ1v) is 8.33. The van der Waals surface area contributed by atoms with E-state index in [1.807, 2.05) is 31.2 Å². The van der Waals surface area contributed by atoms with Crippen LogP contribution in [-0.4, -0.2) is 18.2 Å². The zero-order valence-corrected chi connectivity index (χ0v) is 12.6. The van der Waals surface area contributed by atoms with Gasteiger partial charge in [-0.15, -0.1) is 11.3 Å². The van der Waals surface area contributed by atoms with Crippen molar-refractivity contribution in [3.8, 4) is 0 Å². The van der Waals surface area contributed by atoms with E-state index in [9.17, 15) is 8.42 Å². The molecule has 3 rings (SSSR count). The van der Waals surface area contributed by atoms with E-state index < -0.39 is 10.0 Å². The maximum atomic E-state index is 12.5. The number of fused-ring (bicyclic) bond motifs is 1. The molecule has 2 aromatic heterocycles. The number of thiophene rings is 1. The summed E-state index contributed by atoms with van der Waals surface area (Å²) in [5.41, 5.74) is 0.764. The minimum Gasteiger partial charge on any atom is -0.264 e. The van der Waals surface area contributed by atoms with Gasteiger partial charge in [0.1, 0.15) is 10.7 Å². The standard InChI is InChI=1S/C13H13N3O2S2/c1-9-7-13(16(2)14-9)15-20(17,18)12-8-19-11-6-4-3-5-10(11)12/h3-8,15H,1-2H3. The molecule has 0 unspecified atom stereocenters. The topological polar surface area (TPSA) is 64.0 Å². The Bertz CT molecular complexity index is 878. The lowest BCUT2D eigenvalue weighted by molar-refractivity contribution is 0.601. The molecule has 3 aromatic rings. The van der Waals surface area contributed by atoms with Crippen molar-refractivity contribution < 1.29 is 8.42 Å². The van der Waals surface area contributed by atoms with Gasteiger partial charge in [-0.2, -0.15) is 5.10 Å². The highest BCUT2D eigenvalue weighted by atomic mass is 32.2. The van der Waals surface area contributed by atoms with Gasteiger partial charge >= 0.3 is 0 Å². The average molecular weight is 307 g/mol. The molecule has 5 nitrogen and oxygen atoms in total. The lowest BCUT2D eigenvalue weighted by Crippen LogP contribution is -2.14. The third-order valence-electron chi connectivity index (χ3n) is 2.98. The van der Waals surface area contributed by atoms with Crippen molar-refractivity contribution in [2.75, 3.05) is 4.72 Å². The Hall–Kier alpha value is -1.86. The van der Waals surface area contributed by atoms with Gasteiger partial charge in [0.2, 0.25) is 0 Å². The number of rotatable bonds is 3. The third kappa shape index (κ3) is 2.19. The minimum absolute atomic E-state index is 0.303. The lowest BCUT2D eigenvalue weighted by atomic mass is 10.3. The first-order valence-electron chi connectivity index (χ1n) is 5.97. The number of sulfonamides is 1. The van der Waals surface area contributed by atoms with Gasteiger partial charge in [-0.25, -0.2) is 8.42 Å². The molecule has 0 aliphatic heterocycles. The normalized spacial score (nSPS) is 11.9. The van der Waals surface area contributed by atoms with E-state index >= 15 is 0 Å². The molecule has 0 saturated heterocycles. The van der Waals surface area contributed by atoms with E-state index in [1.54, 1.807) is 18.5 Å². The van der Waals surface area contributed by atoms with E-state index in [4.69, 9.17) is 0 Å². The van der Waals surface area contributed by atoms with E-state index in [1.165, 1.54) is 16.0 Å². The molecule has 20 heavy (non-hydrogen) atoms. The number of nitrogens with zero attached hydrogens (tertiary/aromatic N) is 2. The summed E-state index contributed by atoms with van der Waals surface area (Å²) in [5.74, 6) is 0.456. The van der Waals surface area contributed by atoms with Crippen LogP contribution in [0.3, 0.4) is 0 Å². The van der Waals surface area contributed by atoms with Crippen LogP contribution in [-0.2, 0) is 17.1 Å². The van der Waals surface area contributed by atoms with E-state index in [0.717, 1.165) is 15.8 Å². The van der Waals surface area contributed by atoms with E-state index in [-0.39, 0.29) is 0 Å². The Morgan fingerprint density at radius 3 is 2.75 bits per heavy atom. The number of benzene rings is 1. The SMILES string of the molecule is Cc1cc(NS(=O)(=O)c2csc3ccccc23)n(C)n1. The molecule has 0 amide bonds. The van der Waals surface area contributed by atoms with Crippen molar-refractivity contribution >= 4 is 37.3 Å². The Kier molecular flexibility index (Phi) is 3.02. The van der Waals surface area contributed by atoms with Gasteiger partial charge in [0.05, 0.1) is 5.69 Å². The molecular weight excluding hydrogens is 294 g/mol. The molecule has 0 saturated carbocycles. The maximum absolute atomic E-state index is 12.5. The van der Waals surface area contributed by atoms with Crippen LogP contribution >= 0.6 is 11.3 Å². The Morgan fingerprint density at radius 1 is 1.30 bits per heavy atom. The molecule has 0 bridgehead atoms. The van der Waals surface area contributed by atoms with Gasteiger partial charge in [-0.3, -0.25) is 9.40 Å². The predicted molar refractivity (Wildman–Crippen MR) is 80.6 cm³/mol. The second kappa shape index (κ2) is 4.60. The molecule has 0 radical (unpaired) electrons. The summed E-state index contributed by atoms with van der Waals surface area (Å²) in [5, 5.41) is 6.53. The molecule has 2 heterocycles. The highest BCUT2D eigenvalue weighted by molar-refractivity contribution is 7.93. The number of aryl methyl sites for hydroxylation is 2.